The summed E-state index contributed by atoms with van der Waals surface area (Å²) in [6.45, 7) is 1.87. The summed E-state index contributed by atoms with van der Waals surface area (Å²) in [5.41, 5.74) is 8.21. The molecule has 1 atom stereocenters. The minimum atomic E-state index is -0.499. The van der Waals surface area contributed by atoms with Crippen LogP contribution >= 0.6 is 15.9 Å². The molecule has 0 aliphatic rings. The second-order valence-electron chi connectivity index (χ2n) is 3.99. The summed E-state index contributed by atoms with van der Waals surface area (Å²) in [6, 6.07) is 4.26. The lowest BCUT2D eigenvalue weighted by atomic mass is 10.00. The Bertz CT molecular complexity index is 551. The van der Waals surface area contributed by atoms with Gasteiger partial charge in [-0.2, -0.15) is 5.10 Å². The van der Waals surface area contributed by atoms with E-state index in [9.17, 15) is 4.39 Å². The van der Waals surface area contributed by atoms with E-state index in [0.717, 1.165) is 15.7 Å². The highest BCUT2D eigenvalue weighted by Crippen LogP contribution is 2.26. The summed E-state index contributed by atoms with van der Waals surface area (Å²) >= 11 is 3.32. The molecule has 1 heterocycles. The van der Waals surface area contributed by atoms with Gasteiger partial charge in [-0.05, 0) is 25.1 Å². The highest BCUT2D eigenvalue weighted by molar-refractivity contribution is 9.10. The van der Waals surface area contributed by atoms with Crippen LogP contribution in [0.2, 0.25) is 0 Å². The van der Waals surface area contributed by atoms with Crippen LogP contribution in [0.3, 0.4) is 0 Å². The maximum atomic E-state index is 13.7. The zero-order valence-electron chi connectivity index (χ0n) is 9.61. The molecule has 1 unspecified atom stereocenters. The smallest absolute Gasteiger partial charge is 0.128 e. The second-order valence-corrected chi connectivity index (χ2v) is 4.90. The van der Waals surface area contributed by atoms with Crippen molar-refractivity contribution in [2.75, 3.05) is 0 Å². The highest BCUT2D eigenvalue weighted by atomic mass is 79.9. The fourth-order valence-corrected chi connectivity index (χ4v) is 2.22. The molecule has 0 spiro atoms. The van der Waals surface area contributed by atoms with Gasteiger partial charge in [0.2, 0.25) is 0 Å². The summed E-state index contributed by atoms with van der Waals surface area (Å²) in [5.74, 6) is -0.302. The van der Waals surface area contributed by atoms with Crippen LogP contribution in [0.15, 0.2) is 28.9 Å². The van der Waals surface area contributed by atoms with Crippen LogP contribution in [0, 0.1) is 12.7 Å². The number of aromatic nitrogens is 2. The number of hydrogen-bond acceptors (Lipinski definition) is 2. The van der Waals surface area contributed by atoms with Crippen molar-refractivity contribution >= 4 is 15.9 Å². The molecule has 0 saturated heterocycles. The molecule has 90 valence electrons. The van der Waals surface area contributed by atoms with E-state index in [1.54, 1.807) is 16.8 Å². The van der Waals surface area contributed by atoms with Gasteiger partial charge in [0.05, 0.1) is 11.7 Å². The third kappa shape index (κ3) is 2.40. The van der Waals surface area contributed by atoms with Crippen molar-refractivity contribution < 1.29 is 4.39 Å². The first-order valence-electron chi connectivity index (χ1n) is 5.19. The lowest BCUT2D eigenvalue weighted by Crippen LogP contribution is -2.14. The number of nitrogens with zero attached hydrogens (tertiary/aromatic N) is 2. The van der Waals surface area contributed by atoms with E-state index in [0.29, 0.717) is 5.56 Å². The van der Waals surface area contributed by atoms with E-state index in [4.69, 9.17) is 5.73 Å². The number of benzene rings is 1. The fraction of sp³-hybridized carbons (Fsp3) is 0.250. The van der Waals surface area contributed by atoms with Gasteiger partial charge in [-0.15, -0.1) is 0 Å². The fourth-order valence-electron chi connectivity index (χ4n) is 1.84. The average molecular weight is 298 g/mol. The van der Waals surface area contributed by atoms with Crippen LogP contribution in [-0.2, 0) is 7.05 Å². The molecule has 3 nitrogen and oxygen atoms in total. The molecule has 1 aromatic carbocycles. The minimum Gasteiger partial charge on any atom is -0.320 e. The van der Waals surface area contributed by atoms with Gasteiger partial charge < -0.3 is 5.73 Å². The minimum absolute atomic E-state index is 0.302. The van der Waals surface area contributed by atoms with Crippen molar-refractivity contribution in [1.82, 2.24) is 9.78 Å². The third-order valence-corrected chi connectivity index (χ3v) is 3.17. The van der Waals surface area contributed by atoms with Crippen molar-refractivity contribution in [2.24, 2.45) is 12.8 Å². The Kier molecular flexibility index (Phi) is 3.31. The molecule has 17 heavy (non-hydrogen) atoms. The van der Waals surface area contributed by atoms with Gasteiger partial charge in [0.15, 0.2) is 0 Å². The van der Waals surface area contributed by atoms with Gasteiger partial charge in [0.25, 0.3) is 0 Å². The number of halogens is 2. The van der Waals surface area contributed by atoms with Crippen LogP contribution in [0.5, 0.6) is 0 Å². The second kappa shape index (κ2) is 4.58. The molecule has 2 aromatic rings. The van der Waals surface area contributed by atoms with E-state index < -0.39 is 6.04 Å². The van der Waals surface area contributed by atoms with Gasteiger partial charge in [-0.25, -0.2) is 4.39 Å². The van der Waals surface area contributed by atoms with Crippen LogP contribution in [0.4, 0.5) is 4.39 Å². The monoisotopic (exact) mass is 297 g/mol. The van der Waals surface area contributed by atoms with E-state index >= 15 is 0 Å². The van der Waals surface area contributed by atoms with E-state index in [2.05, 4.69) is 21.0 Å². The van der Waals surface area contributed by atoms with Gasteiger partial charge in [-0.3, -0.25) is 4.68 Å². The summed E-state index contributed by atoms with van der Waals surface area (Å²) in [5, 5.41) is 4.21. The van der Waals surface area contributed by atoms with Crippen molar-refractivity contribution in [3.05, 3.63) is 51.5 Å². The molecule has 5 heteroatoms. The predicted octanol–water partition coefficient (Wildman–Crippen LogP) is 2.68. The Morgan fingerprint density at radius 2 is 2.12 bits per heavy atom. The first-order chi connectivity index (χ1) is 7.99. The normalized spacial score (nSPS) is 12.8. The molecule has 2 N–H and O–H groups in total. The Morgan fingerprint density at radius 3 is 2.71 bits per heavy atom. The first kappa shape index (κ1) is 12.3. The first-order valence-corrected chi connectivity index (χ1v) is 5.99. The standard InChI is InChI=1S/C12H13BrFN3/c1-7-10(6-17(2)16-7)12(15)9-5-8(13)3-4-11(9)14/h3-6,12H,15H2,1-2H3. The summed E-state index contributed by atoms with van der Waals surface area (Å²) in [6.07, 6.45) is 1.82. The van der Waals surface area contributed by atoms with Crippen LogP contribution in [-0.4, -0.2) is 9.78 Å². The van der Waals surface area contributed by atoms with Gasteiger partial charge in [0, 0.05) is 28.8 Å². The number of nitrogens with two attached hydrogens (primary N) is 1. The highest BCUT2D eigenvalue weighted by Gasteiger charge is 2.17. The predicted molar refractivity (Wildman–Crippen MR) is 68.1 cm³/mol. The third-order valence-electron chi connectivity index (χ3n) is 2.68. The van der Waals surface area contributed by atoms with E-state index in [1.165, 1.54) is 6.07 Å². The van der Waals surface area contributed by atoms with Crippen LogP contribution in [0.1, 0.15) is 22.9 Å². The van der Waals surface area contributed by atoms with Crippen molar-refractivity contribution in [1.29, 1.82) is 0 Å². The van der Waals surface area contributed by atoms with Crippen molar-refractivity contribution in [2.45, 2.75) is 13.0 Å². The molecule has 0 fully saturated rings. The molecule has 0 radical (unpaired) electrons. The largest absolute Gasteiger partial charge is 0.320 e. The quantitative estimate of drug-likeness (QED) is 0.926. The van der Waals surface area contributed by atoms with Gasteiger partial charge in [0.1, 0.15) is 5.82 Å². The average Bonchev–Trinajstić information content (AvgIpc) is 2.60. The Balaban J connectivity index is 2.46. The van der Waals surface area contributed by atoms with Crippen LogP contribution < -0.4 is 5.73 Å². The molecule has 0 aliphatic carbocycles. The Labute approximate surface area is 108 Å². The number of aryl methyl sites for hydroxylation is 2. The number of hydrogen-bond donors (Lipinski definition) is 1. The molecular formula is C12H13BrFN3. The molecule has 0 aliphatic heterocycles. The van der Waals surface area contributed by atoms with Crippen molar-refractivity contribution in [3.63, 3.8) is 0 Å². The molecule has 0 bridgehead atoms. The molecule has 0 amide bonds. The Hall–Kier alpha value is -1.20. The maximum absolute atomic E-state index is 13.7. The summed E-state index contributed by atoms with van der Waals surface area (Å²) < 4.78 is 16.2. The van der Waals surface area contributed by atoms with Gasteiger partial charge in [-0.1, -0.05) is 15.9 Å². The van der Waals surface area contributed by atoms with E-state index in [-0.39, 0.29) is 5.82 Å². The zero-order chi connectivity index (χ0) is 12.6. The molecule has 2 rings (SSSR count). The number of rotatable bonds is 2. The zero-order valence-corrected chi connectivity index (χ0v) is 11.2. The molecule has 1 aromatic heterocycles. The lowest BCUT2D eigenvalue weighted by Gasteiger charge is -2.12. The lowest BCUT2D eigenvalue weighted by molar-refractivity contribution is 0.599. The van der Waals surface area contributed by atoms with Crippen molar-refractivity contribution in [3.8, 4) is 0 Å². The maximum Gasteiger partial charge on any atom is 0.128 e. The summed E-state index contributed by atoms with van der Waals surface area (Å²) in [4.78, 5) is 0. The molecule has 0 saturated carbocycles. The molecular weight excluding hydrogens is 285 g/mol. The van der Waals surface area contributed by atoms with E-state index in [1.807, 2.05) is 20.2 Å². The Morgan fingerprint density at radius 1 is 1.41 bits per heavy atom. The van der Waals surface area contributed by atoms with Crippen LogP contribution in [0.25, 0.3) is 0 Å². The summed E-state index contributed by atoms with van der Waals surface area (Å²) in [7, 11) is 1.82. The topological polar surface area (TPSA) is 43.8 Å². The SMILES string of the molecule is Cc1nn(C)cc1C(N)c1cc(Br)ccc1F. The van der Waals surface area contributed by atoms with Gasteiger partial charge >= 0.3 is 0 Å².